The smallest absolute Gasteiger partial charge is 0.209 e. The minimum atomic E-state index is -1.49. The average molecular weight is 283 g/mol. The van der Waals surface area contributed by atoms with Gasteiger partial charge < -0.3 is 15.5 Å². The number of aromatic hydroxyl groups is 2. The SMILES string of the molecule is Oc1cc2c(cc1O)C(C(Cl)(Cl)Cl)NCC2. The fourth-order valence-corrected chi connectivity index (χ4v) is 2.46. The average Bonchev–Trinajstić information content (AvgIpc) is 2.17. The van der Waals surface area contributed by atoms with Gasteiger partial charge in [-0.05, 0) is 36.2 Å². The lowest BCUT2D eigenvalue weighted by Gasteiger charge is -2.32. The second-order valence-electron chi connectivity index (χ2n) is 3.72. The van der Waals surface area contributed by atoms with Crippen molar-refractivity contribution >= 4 is 34.8 Å². The van der Waals surface area contributed by atoms with Crippen LogP contribution in [-0.4, -0.2) is 20.6 Å². The first kappa shape index (κ1) is 12.1. The second kappa shape index (κ2) is 4.15. The molecule has 0 bridgehead atoms. The van der Waals surface area contributed by atoms with Gasteiger partial charge in [0.2, 0.25) is 3.79 Å². The Kier molecular flexibility index (Phi) is 3.14. The van der Waals surface area contributed by atoms with Crippen molar-refractivity contribution in [3.05, 3.63) is 23.3 Å². The van der Waals surface area contributed by atoms with E-state index < -0.39 is 9.83 Å². The lowest BCUT2D eigenvalue weighted by Crippen LogP contribution is -2.37. The van der Waals surface area contributed by atoms with Crippen molar-refractivity contribution in [2.24, 2.45) is 0 Å². The fraction of sp³-hybridized carbons (Fsp3) is 0.400. The van der Waals surface area contributed by atoms with Gasteiger partial charge in [0, 0.05) is 0 Å². The zero-order valence-electron chi connectivity index (χ0n) is 8.17. The van der Waals surface area contributed by atoms with Crippen molar-refractivity contribution in [1.29, 1.82) is 0 Å². The molecule has 0 aromatic heterocycles. The molecule has 6 heteroatoms. The molecule has 1 atom stereocenters. The highest BCUT2D eigenvalue weighted by Crippen LogP contribution is 2.44. The number of phenolic OH excluding ortho intramolecular Hbond substituents is 2. The van der Waals surface area contributed by atoms with Crippen LogP contribution in [0.5, 0.6) is 11.5 Å². The molecular formula is C10H10Cl3NO2. The summed E-state index contributed by atoms with van der Waals surface area (Å²) in [5.41, 5.74) is 1.59. The highest BCUT2D eigenvalue weighted by Gasteiger charge is 2.37. The molecule has 16 heavy (non-hydrogen) atoms. The van der Waals surface area contributed by atoms with Gasteiger partial charge in [-0.25, -0.2) is 0 Å². The minimum Gasteiger partial charge on any atom is -0.504 e. The number of nitrogens with one attached hydrogen (secondary N) is 1. The highest BCUT2D eigenvalue weighted by atomic mass is 35.6. The molecule has 1 unspecified atom stereocenters. The maximum atomic E-state index is 9.45. The first-order chi connectivity index (χ1) is 7.39. The predicted octanol–water partition coefficient (Wildman–Crippen LogP) is 2.65. The molecule has 88 valence electrons. The van der Waals surface area contributed by atoms with E-state index in [1.807, 2.05) is 0 Å². The maximum absolute atomic E-state index is 9.45. The van der Waals surface area contributed by atoms with Gasteiger partial charge in [0.1, 0.15) is 0 Å². The Labute approximate surface area is 108 Å². The molecule has 1 aliphatic rings. The number of hydrogen-bond acceptors (Lipinski definition) is 3. The van der Waals surface area contributed by atoms with Gasteiger partial charge in [-0.15, -0.1) is 0 Å². The summed E-state index contributed by atoms with van der Waals surface area (Å²) in [5.74, 6) is -0.356. The van der Waals surface area contributed by atoms with Crippen LogP contribution in [-0.2, 0) is 6.42 Å². The van der Waals surface area contributed by atoms with Crippen LogP contribution >= 0.6 is 34.8 Å². The van der Waals surface area contributed by atoms with E-state index in [0.717, 1.165) is 12.0 Å². The van der Waals surface area contributed by atoms with Crippen molar-refractivity contribution in [1.82, 2.24) is 5.32 Å². The van der Waals surface area contributed by atoms with Gasteiger partial charge in [0.15, 0.2) is 11.5 Å². The van der Waals surface area contributed by atoms with Crippen molar-refractivity contribution < 1.29 is 10.2 Å². The number of alkyl halides is 3. The van der Waals surface area contributed by atoms with Crippen LogP contribution in [0.2, 0.25) is 0 Å². The largest absolute Gasteiger partial charge is 0.504 e. The third kappa shape index (κ3) is 2.18. The van der Waals surface area contributed by atoms with E-state index >= 15 is 0 Å². The molecule has 0 spiro atoms. The van der Waals surface area contributed by atoms with Gasteiger partial charge in [-0.1, -0.05) is 34.8 Å². The topological polar surface area (TPSA) is 52.5 Å². The quantitative estimate of drug-likeness (QED) is 0.506. The molecule has 2 rings (SSSR count). The second-order valence-corrected chi connectivity index (χ2v) is 6.09. The van der Waals surface area contributed by atoms with E-state index in [0.29, 0.717) is 12.1 Å². The first-order valence-corrected chi connectivity index (χ1v) is 5.88. The molecule has 1 aromatic rings. The zero-order valence-corrected chi connectivity index (χ0v) is 10.4. The van der Waals surface area contributed by atoms with E-state index in [1.165, 1.54) is 12.1 Å². The van der Waals surface area contributed by atoms with Crippen LogP contribution in [0.25, 0.3) is 0 Å². The zero-order chi connectivity index (χ0) is 11.9. The third-order valence-electron chi connectivity index (χ3n) is 2.62. The van der Waals surface area contributed by atoms with Gasteiger partial charge in [0.25, 0.3) is 0 Å². The molecule has 3 N–H and O–H groups in total. The Morgan fingerprint density at radius 3 is 2.44 bits per heavy atom. The van der Waals surface area contributed by atoms with Crippen molar-refractivity contribution in [3.8, 4) is 11.5 Å². The number of benzene rings is 1. The molecular weight excluding hydrogens is 272 g/mol. The Balaban J connectivity index is 2.50. The molecule has 3 nitrogen and oxygen atoms in total. The Morgan fingerprint density at radius 1 is 1.19 bits per heavy atom. The standard InChI is InChI=1S/C10H10Cl3NO2/c11-10(12,13)9-6-4-8(16)7(15)3-5(6)1-2-14-9/h3-4,9,14-16H,1-2H2. The van der Waals surface area contributed by atoms with E-state index in [1.54, 1.807) is 0 Å². The Bertz CT molecular complexity index is 417. The predicted molar refractivity (Wildman–Crippen MR) is 64.5 cm³/mol. The number of phenols is 2. The van der Waals surface area contributed by atoms with Crippen LogP contribution in [0.3, 0.4) is 0 Å². The molecule has 0 aliphatic carbocycles. The van der Waals surface area contributed by atoms with Crippen LogP contribution in [0.1, 0.15) is 17.2 Å². The summed E-state index contributed by atoms with van der Waals surface area (Å²) in [6, 6.07) is 2.46. The van der Waals surface area contributed by atoms with E-state index in [-0.39, 0.29) is 11.5 Å². The Morgan fingerprint density at radius 2 is 1.81 bits per heavy atom. The van der Waals surface area contributed by atoms with Crippen molar-refractivity contribution in [3.63, 3.8) is 0 Å². The maximum Gasteiger partial charge on any atom is 0.209 e. The molecule has 1 heterocycles. The van der Waals surface area contributed by atoms with Crippen LogP contribution in [0.4, 0.5) is 0 Å². The van der Waals surface area contributed by atoms with Gasteiger partial charge in [0.05, 0.1) is 6.04 Å². The van der Waals surface area contributed by atoms with Crippen molar-refractivity contribution in [2.75, 3.05) is 6.54 Å². The molecule has 1 aliphatic heterocycles. The third-order valence-corrected chi connectivity index (χ3v) is 3.27. The number of halogens is 3. The van der Waals surface area contributed by atoms with E-state index in [4.69, 9.17) is 34.8 Å². The monoisotopic (exact) mass is 281 g/mol. The summed E-state index contributed by atoms with van der Waals surface area (Å²) in [7, 11) is 0. The van der Waals surface area contributed by atoms with Gasteiger partial charge in [-0.2, -0.15) is 0 Å². The molecule has 0 fully saturated rings. The molecule has 0 radical (unpaired) electrons. The number of hydrogen-bond donors (Lipinski definition) is 3. The molecule has 0 amide bonds. The van der Waals surface area contributed by atoms with Crippen LogP contribution in [0.15, 0.2) is 12.1 Å². The summed E-state index contributed by atoms with van der Waals surface area (Å²) in [6.07, 6.45) is 0.723. The first-order valence-electron chi connectivity index (χ1n) is 4.74. The molecule has 0 saturated heterocycles. The summed E-state index contributed by atoms with van der Waals surface area (Å²) in [4.78, 5) is 0. The summed E-state index contributed by atoms with van der Waals surface area (Å²) in [6.45, 7) is 0.662. The number of rotatable bonds is 0. The van der Waals surface area contributed by atoms with E-state index in [9.17, 15) is 10.2 Å². The molecule has 1 aromatic carbocycles. The highest BCUT2D eigenvalue weighted by molar-refractivity contribution is 6.68. The van der Waals surface area contributed by atoms with Gasteiger partial charge >= 0.3 is 0 Å². The normalized spacial score (nSPS) is 20.6. The van der Waals surface area contributed by atoms with E-state index in [2.05, 4.69) is 5.32 Å². The summed E-state index contributed by atoms with van der Waals surface area (Å²) < 4.78 is -1.49. The molecule has 0 saturated carbocycles. The fourth-order valence-electron chi connectivity index (χ4n) is 1.87. The Hall–Kier alpha value is -0.350. The summed E-state index contributed by atoms with van der Waals surface area (Å²) in [5, 5.41) is 21.9. The lowest BCUT2D eigenvalue weighted by molar-refractivity contribution is 0.398. The minimum absolute atomic E-state index is 0.149. The van der Waals surface area contributed by atoms with Crippen molar-refractivity contribution in [2.45, 2.75) is 16.3 Å². The van der Waals surface area contributed by atoms with Crippen LogP contribution in [0, 0.1) is 0 Å². The number of fused-ring (bicyclic) bond motifs is 1. The van der Waals surface area contributed by atoms with Crippen LogP contribution < -0.4 is 5.32 Å². The summed E-state index contributed by atoms with van der Waals surface area (Å²) >= 11 is 17.6. The van der Waals surface area contributed by atoms with Gasteiger partial charge in [-0.3, -0.25) is 0 Å². The lowest BCUT2D eigenvalue weighted by atomic mass is 9.94.